The maximum absolute atomic E-state index is 13.4. The van der Waals surface area contributed by atoms with Crippen molar-refractivity contribution in [3.05, 3.63) is 64.0 Å². The summed E-state index contributed by atoms with van der Waals surface area (Å²) in [5.74, 6) is -1.95. The molecule has 0 aliphatic rings. The minimum absolute atomic E-state index is 0.0245. The van der Waals surface area contributed by atoms with Crippen LogP contribution in [0.2, 0.25) is 0 Å². The van der Waals surface area contributed by atoms with Gasteiger partial charge in [0.1, 0.15) is 17.1 Å². The molecule has 3 rings (SSSR count). The molecule has 136 valence electrons. The van der Waals surface area contributed by atoms with Crippen molar-refractivity contribution in [2.75, 3.05) is 6.61 Å². The number of aryl methyl sites for hydroxylation is 1. The Hall–Kier alpha value is -2.96. The van der Waals surface area contributed by atoms with E-state index in [4.69, 9.17) is 13.9 Å². The number of rotatable bonds is 4. The molecule has 2 aromatic carbocycles. The van der Waals surface area contributed by atoms with Gasteiger partial charge in [-0.15, -0.1) is 0 Å². The number of hydrogen-bond acceptors (Lipinski definition) is 4. The SMILES string of the molecule is CCOc1ccc2c(=O)c(Oc3ccc(C)cc3)c(C(F)(F)F)oc2c1. The van der Waals surface area contributed by atoms with E-state index in [0.717, 1.165) is 5.56 Å². The van der Waals surface area contributed by atoms with Crippen LogP contribution >= 0.6 is 0 Å². The van der Waals surface area contributed by atoms with Gasteiger partial charge in [-0.2, -0.15) is 13.2 Å². The smallest absolute Gasteiger partial charge is 0.453 e. The van der Waals surface area contributed by atoms with Crippen LogP contribution in [0, 0.1) is 6.92 Å². The molecule has 26 heavy (non-hydrogen) atoms. The van der Waals surface area contributed by atoms with Crippen molar-refractivity contribution in [1.29, 1.82) is 0 Å². The van der Waals surface area contributed by atoms with Crippen LogP contribution in [0.1, 0.15) is 18.2 Å². The highest BCUT2D eigenvalue weighted by Crippen LogP contribution is 2.38. The summed E-state index contributed by atoms with van der Waals surface area (Å²) in [4.78, 5) is 12.6. The summed E-state index contributed by atoms with van der Waals surface area (Å²) >= 11 is 0. The van der Waals surface area contributed by atoms with Gasteiger partial charge in [0.05, 0.1) is 12.0 Å². The van der Waals surface area contributed by atoms with E-state index in [1.807, 2.05) is 6.92 Å². The average Bonchev–Trinajstić information content (AvgIpc) is 2.58. The number of halogens is 3. The van der Waals surface area contributed by atoms with Gasteiger partial charge in [0.2, 0.25) is 11.2 Å². The van der Waals surface area contributed by atoms with Crippen LogP contribution in [0.5, 0.6) is 17.2 Å². The zero-order valence-electron chi connectivity index (χ0n) is 14.0. The third-order valence-electron chi connectivity index (χ3n) is 3.63. The predicted octanol–water partition coefficient (Wildman–Crippen LogP) is 5.31. The molecule has 0 N–H and O–H groups in total. The Morgan fingerprint density at radius 3 is 2.31 bits per heavy atom. The van der Waals surface area contributed by atoms with E-state index in [-0.39, 0.29) is 16.7 Å². The maximum Gasteiger partial charge on any atom is 0.453 e. The fourth-order valence-corrected chi connectivity index (χ4v) is 2.42. The van der Waals surface area contributed by atoms with E-state index >= 15 is 0 Å². The molecule has 1 heterocycles. The molecule has 0 atom stereocenters. The minimum atomic E-state index is -4.89. The Balaban J connectivity index is 2.19. The molecule has 4 nitrogen and oxygen atoms in total. The van der Waals surface area contributed by atoms with Crippen LogP contribution in [0.15, 0.2) is 51.7 Å². The van der Waals surface area contributed by atoms with Gasteiger partial charge in [-0.3, -0.25) is 4.79 Å². The highest BCUT2D eigenvalue weighted by Gasteiger charge is 2.40. The molecule has 0 radical (unpaired) electrons. The largest absolute Gasteiger partial charge is 0.494 e. The van der Waals surface area contributed by atoms with Crippen molar-refractivity contribution >= 4 is 11.0 Å². The quantitative estimate of drug-likeness (QED) is 0.629. The molecule has 0 saturated heterocycles. The topological polar surface area (TPSA) is 48.7 Å². The van der Waals surface area contributed by atoms with Gasteiger partial charge in [-0.05, 0) is 38.1 Å². The van der Waals surface area contributed by atoms with Crippen molar-refractivity contribution in [3.8, 4) is 17.2 Å². The molecule has 0 fully saturated rings. The first kappa shape index (κ1) is 17.8. The second-order valence-corrected chi connectivity index (χ2v) is 5.59. The first-order chi connectivity index (χ1) is 12.3. The van der Waals surface area contributed by atoms with Crippen LogP contribution in [0.4, 0.5) is 13.2 Å². The summed E-state index contributed by atoms with van der Waals surface area (Å²) in [5.41, 5.74) is -0.214. The van der Waals surface area contributed by atoms with Crippen molar-refractivity contribution < 1.29 is 27.1 Å². The van der Waals surface area contributed by atoms with E-state index < -0.39 is 23.1 Å². The van der Waals surface area contributed by atoms with Gasteiger partial charge >= 0.3 is 6.18 Å². The Labute approximate surface area is 146 Å². The van der Waals surface area contributed by atoms with Crippen LogP contribution in [-0.2, 0) is 6.18 Å². The molecular weight excluding hydrogens is 349 g/mol. The van der Waals surface area contributed by atoms with Gasteiger partial charge < -0.3 is 13.9 Å². The number of fused-ring (bicyclic) bond motifs is 1. The lowest BCUT2D eigenvalue weighted by Gasteiger charge is -2.13. The van der Waals surface area contributed by atoms with Crippen LogP contribution in [-0.4, -0.2) is 6.61 Å². The van der Waals surface area contributed by atoms with Crippen LogP contribution in [0.3, 0.4) is 0 Å². The summed E-state index contributed by atoms with van der Waals surface area (Å²) in [6.07, 6.45) is -4.89. The first-order valence-corrected chi connectivity index (χ1v) is 7.85. The Bertz CT molecular complexity index is 989. The molecule has 7 heteroatoms. The molecule has 0 aliphatic carbocycles. The molecule has 0 spiro atoms. The molecule has 0 aliphatic heterocycles. The van der Waals surface area contributed by atoms with Crippen molar-refractivity contribution in [1.82, 2.24) is 0 Å². The zero-order chi connectivity index (χ0) is 18.9. The summed E-state index contributed by atoms with van der Waals surface area (Å²) < 4.78 is 55.8. The van der Waals surface area contributed by atoms with E-state index in [2.05, 4.69) is 0 Å². The zero-order valence-corrected chi connectivity index (χ0v) is 14.0. The second-order valence-electron chi connectivity index (χ2n) is 5.59. The number of benzene rings is 2. The summed E-state index contributed by atoms with van der Waals surface area (Å²) in [5, 5.41) is -0.0245. The van der Waals surface area contributed by atoms with Crippen molar-refractivity contribution in [3.63, 3.8) is 0 Å². The van der Waals surface area contributed by atoms with Gasteiger partial charge in [0.15, 0.2) is 0 Å². The highest BCUT2D eigenvalue weighted by molar-refractivity contribution is 5.79. The lowest BCUT2D eigenvalue weighted by atomic mass is 10.2. The molecule has 3 aromatic rings. The molecule has 1 aromatic heterocycles. The van der Waals surface area contributed by atoms with Gasteiger partial charge in [0.25, 0.3) is 5.76 Å². The summed E-state index contributed by atoms with van der Waals surface area (Å²) in [6.45, 7) is 3.89. The molecule has 0 saturated carbocycles. The third-order valence-corrected chi connectivity index (χ3v) is 3.63. The lowest BCUT2D eigenvalue weighted by molar-refractivity contribution is -0.154. The van der Waals surface area contributed by atoms with E-state index in [0.29, 0.717) is 12.4 Å². The Morgan fingerprint density at radius 1 is 1.04 bits per heavy atom. The number of ether oxygens (including phenoxy) is 2. The minimum Gasteiger partial charge on any atom is -0.494 e. The third kappa shape index (κ3) is 3.51. The lowest BCUT2D eigenvalue weighted by Crippen LogP contribution is -2.15. The van der Waals surface area contributed by atoms with Gasteiger partial charge in [0, 0.05) is 6.07 Å². The molecular formula is C19H15F3O4. The number of hydrogen-bond donors (Lipinski definition) is 0. The number of alkyl halides is 3. The van der Waals surface area contributed by atoms with E-state index in [1.54, 1.807) is 19.1 Å². The maximum atomic E-state index is 13.4. The Kier molecular flexibility index (Phi) is 4.63. The molecule has 0 unspecified atom stereocenters. The Morgan fingerprint density at radius 2 is 1.69 bits per heavy atom. The highest BCUT2D eigenvalue weighted by atomic mass is 19.4. The average molecular weight is 364 g/mol. The standard InChI is InChI=1S/C19H15F3O4/c1-3-24-13-8-9-14-15(10-13)26-18(19(20,21)22)17(16(14)23)25-12-6-4-11(2)5-7-12/h4-10H,3H2,1-2H3. The van der Waals surface area contributed by atoms with E-state index in [1.165, 1.54) is 30.3 Å². The monoisotopic (exact) mass is 364 g/mol. The molecule has 0 amide bonds. The van der Waals surface area contributed by atoms with Crippen LogP contribution in [0.25, 0.3) is 11.0 Å². The van der Waals surface area contributed by atoms with Crippen molar-refractivity contribution in [2.24, 2.45) is 0 Å². The van der Waals surface area contributed by atoms with Crippen molar-refractivity contribution in [2.45, 2.75) is 20.0 Å². The first-order valence-electron chi connectivity index (χ1n) is 7.85. The molecule has 0 bridgehead atoms. The van der Waals surface area contributed by atoms with Gasteiger partial charge in [-0.25, -0.2) is 0 Å². The summed E-state index contributed by atoms with van der Waals surface area (Å²) in [7, 11) is 0. The second kappa shape index (κ2) is 6.74. The van der Waals surface area contributed by atoms with Gasteiger partial charge in [-0.1, -0.05) is 17.7 Å². The predicted molar refractivity (Wildman–Crippen MR) is 89.9 cm³/mol. The summed E-state index contributed by atoms with van der Waals surface area (Å²) in [6, 6.07) is 10.4. The van der Waals surface area contributed by atoms with Crippen LogP contribution < -0.4 is 14.9 Å². The fourth-order valence-electron chi connectivity index (χ4n) is 2.42. The normalized spacial score (nSPS) is 11.6. The van der Waals surface area contributed by atoms with E-state index in [9.17, 15) is 18.0 Å². The fraction of sp³-hybridized carbons (Fsp3) is 0.211.